The molecular weight excluding hydrogens is 374 g/mol. The number of para-hydroxylation sites is 1. The molecule has 1 aliphatic carbocycles. The molecule has 1 saturated carbocycles. The Kier molecular flexibility index (Phi) is 5.28. The zero-order valence-corrected chi connectivity index (χ0v) is 16.6. The number of benzene rings is 1. The molecule has 2 aliphatic rings. The first-order valence-corrected chi connectivity index (χ1v) is 10.0. The van der Waals surface area contributed by atoms with E-state index in [1.54, 1.807) is 23.1 Å². The van der Waals surface area contributed by atoms with E-state index in [1.165, 1.54) is 25.2 Å². The summed E-state index contributed by atoms with van der Waals surface area (Å²) < 4.78 is 5.53. The largest absolute Gasteiger partial charge is 0.463 e. The molecule has 1 saturated heterocycles. The number of rotatable bonds is 7. The van der Waals surface area contributed by atoms with Gasteiger partial charge in [0.25, 0.3) is 5.91 Å². The lowest BCUT2D eigenvalue weighted by Crippen LogP contribution is -2.42. The highest BCUT2D eigenvalue weighted by Crippen LogP contribution is 2.30. The van der Waals surface area contributed by atoms with E-state index in [1.807, 2.05) is 6.07 Å². The molecule has 0 unspecified atom stereocenters. The summed E-state index contributed by atoms with van der Waals surface area (Å²) in [5.74, 6) is 0.525. The van der Waals surface area contributed by atoms with E-state index in [-0.39, 0.29) is 11.3 Å². The van der Waals surface area contributed by atoms with Gasteiger partial charge in [-0.1, -0.05) is 19.1 Å². The van der Waals surface area contributed by atoms with E-state index < -0.39 is 0 Å². The molecule has 2 aromatic rings. The number of hydrogen-bond acceptors (Lipinski definition) is 5. The quantitative estimate of drug-likeness (QED) is 0.572. The summed E-state index contributed by atoms with van der Waals surface area (Å²) in [6.07, 6.45) is 6.46. The Labute approximate surface area is 168 Å². The number of fused-ring (bicyclic) bond motifs is 1. The Morgan fingerprint density at radius 2 is 2.11 bits per heavy atom. The van der Waals surface area contributed by atoms with E-state index in [0.717, 1.165) is 25.4 Å². The molecule has 1 aromatic heterocycles. The van der Waals surface area contributed by atoms with E-state index in [4.69, 9.17) is 16.6 Å². The summed E-state index contributed by atoms with van der Waals surface area (Å²) in [5, 5.41) is 3.82. The van der Waals surface area contributed by atoms with Gasteiger partial charge in [-0.05, 0) is 62.2 Å². The molecule has 1 aromatic carbocycles. The molecule has 0 bridgehead atoms. The second-order valence-electron chi connectivity index (χ2n) is 7.40. The van der Waals surface area contributed by atoms with Crippen molar-refractivity contribution in [3.63, 3.8) is 0 Å². The minimum atomic E-state index is -0.213. The lowest BCUT2D eigenvalue weighted by atomic mass is 10.1. The maximum atomic E-state index is 12.9. The first kappa shape index (κ1) is 18.8. The van der Waals surface area contributed by atoms with Crippen LogP contribution in [0.5, 0.6) is 0 Å². The Balaban J connectivity index is 1.56. The van der Waals surface area contributed by atoms with Crippen LogP contribution in [0, 0.1) is 5.92 Å². The fourth-order valence-electron chi connectivity index (χ4n) is 3.45. The molecule has 1 N–H and O–H groups in total. The van der Waals surface area contributed by atoms with Crippen LogP contribution in [-0.2, 0) is 4.79 Å². The van der Waals surface area contributed by atoms with Crippen LogP contribution in [-0.4, -0.2) is 40.6 Å². The van der Waals surface area contributed by atoms with E-state index >= 15 is 0 Å². The van der Waals surface area contributed by atoms with Crippen molar-refractivity contribution in [1.29, 1.82) is 0 Å². The monoisotopic (exact) mass is 397 g/mol. The standard InChI is InChI=1S/C21H23N3O3S/c1-2-9-23(11-14-7-8-14)13-24-20(26)17(22-21(24)28)10-15-12-27-18-6-4-3-5-16(18)19(15)25/h3-6,10,12,14H,2,7-9,11,13H2,1H3,(H,22,28)/b17-10-. The Bertz CT molecular complexity index is 1010. The number of nitrogens with one attached hydrogen (secondary N) is 1. The molecule has 28 heavy (non-hydrogen) atoms. The van der Waals surface area contributed by atoms with Crippen molar-refractivity contribution in [2.75, 3.05) is 19.8 Å². The zero-order chi connectivity index (χ0) is 19.7. The molecule has 0 atom stereocenters. The van der Waals surface area contributed by atoms with Gasteiger partial charge in [0.2, 0.25) is 0 Å². The summed E-state index contributed by atoms with van der Waals surface area (Å²) in [5.41, 5.74) is 0.973. The smallest absolute Gasteiger partial charge is 0.277 e. The van der Waals surface area contributed by atoms with Crippen LogP contribution in [0.1, 0.15) is 31.7 Å². The summed E-state index contributed by atoms with van der Waals surface area (Å²) in [4.78, 5) is 29.4. The van der Waals surface area contributed by atoms with Crippen LogP contribution in [0.25, 0.3) is 17.0 Å². The highest BCUT2D eigenvalue weighted by Gasteiger charge is 2.33. The van der Waals surface area contributed by atoms with Gasteiger partial charge in [-0.2, -0.15) is 0 Å². The minimum Gasteiger partial charge on any atom is -0.463 e. The second-order valence-corrected chi connectivity index (χ2v) is 7.79. The number of hydrogen-bond donors (Lipinski definition) is 1. The molecule has 1 amide bonds. The fourth-order valence-corrected chi connectivity index (χ4v) is 3.70. The fraction of sp³-hybridized carbons (Fsp3) is 0.381. The van der Waals surface area contributed by atoms with E-state index in [9.17, 15) is 9.59 Å². The van der Waals surface area contributed by atoms with Gasteiger partial charge in [-0.15, -0.1) is 0 Å². The van der Waals surface area contributed by atoms with Gasteiger partial charge in [0.05, 0.1) is 17.6 Å². The molecule has 2 fully saturated rings. The lowest BCUT2D eigenvalue weighted by molar-refractivity contribution is -0.123. The highest BCUT2D eigenvalue weighted by molar-refractivity contribution is 7.80. The number of amides is 1. The topological polar surface area (TPSA) is 65.8 Å². The molecule has 1 aliphatic heterocycles. The molecule has 0 radical (unpaired) electrons. The maximum absolute atomic E-state index is 12.9. The van der Waals surface area contributed by atoms with Gasteiger partial charge in [-0.3, -0.25) is 19.4 Å². The Hall–Kier alpha value is -2.51. The van der Waals surface area contributed by atoms with Crippen LogP contribution >= 0.6 is 12.2 Å². The van der Waals surface area contributed by atoms with Gasteiger partial charge in [0.1, 0.15) is 17.5 Å². The zero-order valence-electron chi connectivity index (χ0n) is 15.8. The second kappa shape index (κ2) is 7.85. The number of nitrogens with zero attached hydrogens (tertiary/aromatic N) is 2. The molecule has 2 heterocycles. The van der Waals surface area contributed by atoms with Gasteiger partial charge < -0.3 is 9.73 Å². The average molecular weight is 398 g/mol. The van der Waals surface area contributed by atoms with Crippen molar-refractivity contribution in [2.24, 2.45) is 5.92 Å². The maximum Gasteiger partial charge on any atom is 0.277 e. The van der Waals surface area contributed by atoms with Crippen molar-refractivity contribution >= 4 is 40.3 Å². The third-order valence-electron chi connectivity index (χ3n) is 5.06. The molecule has 146 valence electrons. The van der Waals surface area contributed by atoms with Gasteiger partial charge >= 0.3 is 0 Å². The number of thiocarbonyl (C=S) groups is 1. The summed E-state index contributed by atoms with van der Waals surface area (Å²) in [6.45, 7) is 4.52. The van der Waals surface area contributed by atoms with Gasteiger partial charge in [-0.25, -0.2) is 0 Å². The first-order valence-electron chi connectivity index (χ1n) is 9.64. The number of carbonyl (C=O) groups is 1. The lowest BCUT2D eigenvalue weighted by Gasteiger charge is -2.26. The van der Waals surface area contributed by atoms with Crippen molar-refractivity contribution in [3.05, 3.63) is 52.0 Å². The van der Waals surface area contributed by atoms with Crippen molar-refractivity contribution in [3.8, 4) is 0 Å². The van der Waals surface area contributed by atoms with Crippen LogP contribution in [0.4, 0.5) is 0 Å². The van der Waals surface area contributed by atoms with E-state index in [2.05, 4.69) is 17.1 Å². The third kappa shape index (κ3) is 3.86. The molecule has 4 rings (SSSR count). The minimum absolute atomic E-state index is 0.172. The Morgan fingerprint density at radius 3 is 2.86 bits per heavy atom. The predicted octanol–water partition coefficient (Wildman–Crippen LogP) is 2.93. The van der Waals surface area contributed by atoms with Crippen molar-refractivity contribution < 1.29 is 9.21 Å². The van der Waals surface area contributed by atoms with Crippen LogP contribution < -0.4 is 10.7 Å². The molecule has 7 heteroatoms. The van der Waals surface area contributed by atoms with Gasteiger partial charge in [0, 0.05) is 6.54 Å². The first-order chi connectivity index (χ1) is 13.6. The normalized spacial score (nSPS) is 18.5. The highest BCUT2D eigenvalue weighted by atomic mass is 32.1. The third-order valence-corrected chi connectivity index (χ3v) is 5.39. The predicted molar refractivity (Wildman–Crippen MR) is 112 cm³/mol. The summed E-state index contributed by atoms with van der Waals surface area (Å²) in [7, 11) is 0. The average Bonchev–Trinajstić information content (AvgIpc) is 3.46. The molecular formula is C21H23N3O3S. The van der Waals surface area contributed by atoms with Crippen LogP contribution in [0.3, 0.4) is 0 Å². The van der Waals surface area contributed by atoms with Crippen LogP contribution in [0.15, 0.2) is 45.4 Å². The Morgan fingerprint density at radius 1 is 1.32 bits per heavy atom. The SMILES string of the molecule is CCCN(CC1CC1)CN1C(=O)/C(=C/c2coc3ccccc3c2=O)NC1=S. The van der Waals surface area contributed by atoms with Crippen molar-refractivity contribution in [1.82, 2.24) is 15.1 Å². The molecule has 0 spiro atoms. The van der Waals surface area contributed by atoms with Gasteiger partial charge in [0.15, 0.2) is 10.5 Å². The van der Waals surface area contributed by atoms with Crippen LogP contribution in [0.2, 0.25) is 0 Å². The molecule has 6 nitrogen and oxygen atoms in total. The summed E-state index contributed by atoms with van der Waals surface area (Å²) >= 11 is 5.38. The number of carbonyl (C=O) groups excluding carboxylic acids is 1. The van der Waals surface area contributed by atoms with Crippen molar-refractivity contribution in [2.45, 2.75) is 26.2 Å². The summed E-state index contributed by atoms with van der Waals surface area (Å²) in [6, 6.07) is 7.05. The van der Waals surface area contributed by atoms with E-state index in [0.29, 0.717) is 34.0 Å².